The summed E-state index contributed by atoms with van der Waals surface area (Å²) in [5.41, 5.74) is 0.270. The fraction of sp³-hybridized carbons (Fsp3) is 0.455. The highest BCUT2D eigenvalue weighted by Gasteiger charge is 2.25. The molecule has 1 atom stereocenters. The fourth-order valence-electron chi connectivity index (χ4n) is 2.08. The zero-order valence-corrected chi connectivity index (χ0v) is 11.4. The van der Waals surface area contributed by atoms with Crippen LogP contribution in [0, 0.1) is 15.9 Å². The summed E-state index contributed by atoms with van der Waals surface area (Å²) in [6.07, 6.45) is 0. The van der Waals surface area contributed by atoms with Crippen LogP contribution in [0.3, 0.4) is 0 Å². The molecule has 1 aliphatic heterocycles. The highest BCUT2D eigenvalue weighted by Crippen LogP contribution is 2.33. The van der Waals surface area contributed by atoms with E-state index in [0.717, 1.165) is 12.6 Å². The number of nitro groups is 1. The van der Waals surface area contributed by atoms with Crippen LogP contribution >= 0.6 is 15.9 Å². The molecule has 1 saturated heterocycles. The van der Waals surface area contributed by atoms with Crippen LogP contribution < -0.4 is 10.2 Å². The van der Waals surface area contributed by atoms with Crippen LogP contribution in [0.25, 0.3) is 0 Å². The number of hydrogen-bond acceptors (Lipinski definition) is 4. The number of anilines is 1. The summed E-state index contributed by atoms with van der Waals surface area (Å²) in [6, 6.07) is 2.69. The van der Waals surface area contributed by atoms with Gasteiger partial charge in [0.1, 0.15) is 11.5 Å². The Balaban J connectivity index is 2.41. The van der Waals surface area contributed by atoms with Crippen molar-refractivity contribution in [2.24, 2.45) is 0 Å². The standard InChI is InChI=1S/C11H13BrFN3O2/c1-7-6-15(3-2-14-7)10-4-8(12)9(13)5-11(10)16(17)18/h4-5,7,14H,2-3,6H2,1H3/t7-/m1/s1. The van der Waals surface area contributed by atoms with Gasteiger partial charge in [-0.2, -0.15) is 0 Å². The maximum atomic E-state index is 13.4. The van der Waals surface area contributed by atoms with Crippen LogP contribution in [0.1, 0.15) is 6.92 Å². The van der Waals surface area contributed by atoms with E-state index in [1.54, 1.807) is 0 Å². The molecule has 0 unspecified atom stereocenters. The minimum absolute atomic E-state index is 0.190. The summed E-state index contributed by atoms with van der Waals surface area (Å²) >= 11 is 3.07. The van der Waals surface area contributed by atoms with Crippen LogP contribution in [0.2, 0.25) is 0 Å². The van der Waals surface area contributed by atoms with Gasteiger partial charge in [0.15, 0.2) is 0 Å². The minimum Gasteiger partial charge on any atom is -0.363 e. The highest BCUT2D eigenvalue weighted by atomic mass is 79.9. The Morgan fingerprint density at radius 2 is 2.33 bits per heavy atom. The van der Waals surface area contributed by atoms with Crippen molar-refractivity contribution in [1.29, 1.82) is 0 Å². The second-order valence-corrected chi connectivity index (χ2v) is 5.17. The lowest BCUT2D eigenvalue weighted by Crippen LogP contribution is -2.49. The van der Waals surface area contributed by atoms with E-state index in [2.05, 4.69) is 21.2 Å². The second-order valence-electron chi connectivity index (χ2n) is 4.31. The molecule has 5 nitrogen and oxygen atoms in total. The molecule has 0 bridgehead atoms. The predicted octanol–water partition coefficient (Wildman–Crippen LogP) is 2.29. The van der Waals surface area contributed by atoms with E-state index in [4.69, 9.17) is 0 Å². The molecule has 0 aromatic heterocycles. The summed E-state index contributed by atoms with van der Waals surface area (Å²) in [5.74, 6) is -0.617. The molecule has 1 aliphatic rings. The number of nitrogens with zero attached hydrogens (tertiary/aromatic N) is 2. The molecule has 0 radical (unpaired) electrons. The third-order valence-corrected chi connectivity index (χ3v) is 3.53. The van der Waals surface area contributed by atoms with Crippen LogP contribution in [-0.2, 0) is 0 Å². The van der Waals surface area contributed by atoms with Gasteiger partial charge in [-0.3, -0.25) is 10.1 Å². The van der Waals surface area contributed by atoms with Gasteiger partial charge in [-0.1, -0.05) is 0 Å². The van der Waals surface area contributed by atoms with Crippen molar-refractivity contribution < 1.29 is 9.31 Å². The smallest absolute Gasteiger partial charge is 0.295 e. The van der Waals surface area contributed by atoms with Crippen LogP contribution in [0.15, 0.2) is 16.6 Å². The summed E-state index contributed by atoms with van der Waals surface area (Å²) in [6.45, 7) is 4.10. The van der Waals surface area contributed by atoms with E-state index in [1.165, 1.54) is 6.07 Å². The molecule has 0 saturated carbocycles. The number of rotatable bonds is 2. The van der Waals surface area contributed by atoms with Crippen LogP contribution in [0.5, 0.6) is 0 Å². The van der Waals surface area contributed by atoms with Crippen molar-refractivity contribution in [3.05, 3.63) is 32.5 Å². The summed E-state index contributed by atoms with van der Waals surface area (Å²) in [7, 11) is 0. The first-order valence-electron chi connectivity index (χ1n) is 5.61. The van der Waals surface area contributed by atoms with Crippen LogP contribution in [-0.4, -0.2) is 30.6 Å². The van der Waals surface area contributed by atoms with E-state index in [0.29, 0.717) is 18.8 Å². The number of hydrogen-bond donors (Lipinski definition) is 1. The lowest BCUT2D eigenvalue weighted by molar-refractivity contribution is -0.384. The third-order valence-electron chi connectivity index (χ3n) is 2.92. The van der Waals surface area contributed by atoms with Crippen molar-refractivity contribution in [2.45, 2.75) is 13.0 Å². The first-order chi connectivity index (χ1) is 8.49. The molecule has 98 valence electrons. The SMILES string of the molecule is C[C@@H]1CN(c2cc(Br)c(F)cc2[N+](=O)[O-])CCN1. The number of nitro benzene ring substituents is 1. The predicted molar refractivity (Wildman–Crippen MR) is 70.4 cm³/mol. The topological polar surface area (TPSA) is 58.4 Å². The molecule has 7 heteroatoms. The largest absolute Gasteiger partial charge is 0.363 e. The molecule has 0 amide bonds. The highest BCUT2D eigenvalue weighted by molar-refractivity contribution is 9.10. The zero-order valence-electron chi connectivity index (χ0n) is 9.82. The first kappa shape index (κ1) is 13.2. The molecule has 1 N–H and O–H groups in total. The Bertz CT molecular complexity index is 484. The zero-order chi connectivity index (χ0) is 13.3. The van der Waals surface area contributed by atoms with Gasteiger partial charge < -0.3 is 10.2 Å². The minimum atomic E-state index is -0.617. The molecule has 0 spiro atoms. The Hall–Kier alpha value is -1.21. The maximum absolute atomic E-state index is 13.4. The molecule has 18 heavy (non-hydrogen) atoms. The average Bonchev–Trinajstić information content (AvgIpc) is 2.31. The van der Waals surface area contributed by atoms with Gasteiger partial charge >= 0.3 is 0 Å². The number of halogens is 2. The molecule has 1 heterocycles. The van der Waals surface area contributed by atoms with Gasteiger partial charge in [0, 0.05) is 25.7 Å². The molecule has 0 aliphatic carbocycles. The molecular weight excluding hydrogens is 305 g/mol. The molecule has 1 aromatic carbocycles. The Kier molecular flexibility index (Phi) is 3.82. The quantitative estimate of drug-likeness (QED) is 0.671. The summed E-state index contributed by atoms with van der Waals surface area (Å²) < 4.78 is 13.6. The molecule has 2 rings (SSSR count). The number of piperazine rings is 1. The van der Waals surface area contributed by atoms with E-state index in [-0.39, 0.29) is 16.2 Å². The van der Waals surface area contributed by atoms with Crippen molar-refractivity contribution in [3.8, 4) is 0 Å². The summed E-state index contributed by atoms with van der Waals surface area (Å²) in [4.78, 5) is 12.4. The average molecular weight is 318 g/mol. The molecule has 1 aromatic rings. The van der Waals surface area contributed by atoms with E-state index >= 15 is 0 Å². The molecular formula is C11H13BrFN3O2. The number of benzene rings is 1. The normalized spacial score (nSPS) is 19.9. The fourth-order valence-corrected chi connectivity index (χ4v) is 2.41. The lowest BCUT2D eigenvalue weighted by atomic mass is 10.2. The van der Waals surface area contributed by atoms with Gasteiger partial charge in [0.2, 0.25) is 0 Å². The van der Waals surface area contributed by atoms with Crippen molar-refractivity contribution in [2.75, 3.05) is 24.5 Å². The first-order valence-corrected chi connectivity index (χ1v) is 6.40. The van der Waals surface area contributed by atoms with Gasteiger partial charge in [-0.25, -0.2) is 4.39 Å². The Morgan fingerprint density at radius 1 is 1.61 bits per heavy atom. The van der Waals surface area contributed by atoms with Crippen molar-refractivity contribution in [3.63, 3.8) is 0 Å². The van der Waals surface area contributed by atoms with E-state index in [1.807, 2.05) is 11.8 Å². The van der Waals surface area contributed by atoms with E-state index in [9.17, 15) is 14.5 Å². The Morgan fingerprint density at radius 3 is 2.94 bits per heavy atom. The van der Waals surface area contributed by atoms with Crippen molar-refractivity contribution >= 4 is 27.3 Å². The maximum Gasteiger partial charge on any atom is 0.295 e. The monoisotopic (exact) mass is 317 g/mol. The second kappa shape index (κ2) is 5.19. The van der Waals surface area contributed by atoms with Gasteiger partial charge in [-0.05, 0) is 28.9 Å². The Labute approximate surface area is 112 Å². The van der Waals surface area contributed by atoms with Crippen LogP contribution in [0.4, 0.5) is 15.8 Å². The van der Waals surface area contributed by atoms with E-state index < -0.39 is 10.7 Å². The third kappa shape index (κ3) is 2.62. The summed E-state index contributed by atoms with van der Waals surface area (Å²) in [5, 5.41) is 14.2. The van der Waals surface area contributed by atoms with Crippen molar-refractivity contribution in [1.82, 2.24) is 5.32 Å². The lowest BCUT2D eigenvalue weighted by Gasteiger charge is -2.33. The van der Waals surface area contributed by atoms with Gasteiger partial charge in [0.05, 0.1) is 15.5 Å². The van der Waals surface area contributed by atoms with Gasteiger partial charge in [-0.15, -0.1) is 0 Å². The van der Waals surface area contributed by atoms with Gasteiger partial charge in [0.25, 0.3) is 5.69 Å². The molecule has 1 fully saturated rings. The number of nitrogens with one attached hydrogen (secondary N) is 1.